The maximum absolute atomic E-state index is 11.4. The molecule has 0 atom stereocenters. The highest BCUT2D eigenvalue weighted by atomic mass is 16.1. The molecule has 0 radical (unpaired) electrons. The minimum absolute atomic E-state index is 0.106. The Labute approximate surface area is 110 Å². The molecule has 1 aromatic heterocycles. The first-order valence-corrected chi connectivity index (χ1v) is 6.17. The van der Waals surface area contributed by atoms with Crippen LogP contribution in [0.2, 0.25) is 0 Å². The van der Waals surface area contributed by atoms with E-state index in [1.807, 2.05) is 12.1 Å². The normalized spacial score (nSPS) is 13.9. The number of nitrogens with two attached hydrogens (primary N) is 1. The molecule has 0 amide bonds. The number of aromatic amines is 1. The Morgan fingerprint density at radius 1 is 1.37 bits per heavy atom. The van der Waals surface area contributed by atoms with Crippen molar-refractivity contribution in [2.24, 2.45) is 0 Å². The zero-order valence-electron chi connectivity index (χ0n) is 10.4. The van der Waals surface area contributed by atoms with Gasteiger partial charge in [-0.15, -0.1) is 0 Å². The van der Waals surface area contributed by atoms with E-state index >= 15 is 0 Å². The van der Waals surface area contributed by atoms with Gasteiger partial charge in [-0.05, 0) is 30.2 Å². The monoisotopic (exact) mass is 257 g/mol. The van der Waals surface area contributed by atoms with Gasteiger partial charge in [-0.2, -0.15) is 0 Å². The smallest absolute Gasteiger partial charge is 0.276 e. The third-order valence-electron chi connectivity index (χ3n) is 3.28. The van der Waals surface area contributed by atoms with Crippen molar-refractivity contribution >= 4 is 17.2 Å². The summed E-state index contributed by atoms with van der Waals surface area (Å²) in [4.78, 5) is 18.0. The lowest BCUT2D eigenvalue weighted by atomic mass is 9.99. The van der Waals surface area contributed by atoms with Crippen molar-refractivity contribution in [1.29, 1.82) is 0 Å². The number of anilines is 3. The molecular formula is C13H15N5O. The number of aromatic nitrogens is 2. The van der Waals surface area contributed by atoms with Crippen molar-refractivity contribution in [2.75, 3.05) is 17.6 Å². The van der Waals surface area contributed by atoms with Crippen LogP contribution in [0.15, 0.2) is 29.3 Å². The van der Waals surface area contributed by atoms with E-state index in [9.17, 15) is 4.79 Å². The number of fused-ring (bicyclic) bond motifs is 1. The number of nitrogen functional groups attached to an aromatic ring is 1. The molecule has 1 aliphatic rings. The van der Waals surface area contributed by atoms with Gasteiger partial charge in [-0.1, -0.05) is 12.1 Å². The molecular weight excluding hydrogens is 242 g/mol. The van der Waals surface area contributed by atoms with Crippen LogP contribution in [0.3, 0.4) is 0 Å². The summed E-state index contributed by atoms with van der Waals surface area (Å²) in [7, 11) is 0. The average molecular weight is 257 g/mol. The second-order valence-corrected chi connectivity index (χ2v) is 4.49. The lowest BCUT2D eigenvalue weighted by Crippen LogP contribution is -2.24. The molecule has 0 fully saturated rings. The van der Waals surface area contributed by atoms with Crippen molar-refractivity contribution in [2.45, 2.75) is 13.0 Å². The first kappa shape index (κ1) is 11.7. The van der Waals surface area contributed by atoms with Crippen molar-refractivity contribution in [1.82, 2.24) is 15.3 Å². The summed E-state index contributed by atoms with van der Waals surface area (Å²) in [5.41, 5.74) is 8.98. The number of rotatable bonds is 2. The first-order chi connectivity index (χ1) is 9.25. The second kappa shape index (κ2) is 4.74. The molecule has 0 spiro atoms. The Morgan fingerprint density at radius 3 is 3.16 bits per heavy atom. The topological polar surface area (TPSA) is 95.8 Å². The van der Waals surface area contributed by atoms with Crippen LogP contribution in [0.25, 0.3) is 0 Å². The van der Waals surface area contributed by atoms with Gasteiger partial charge < -0.3 is 21.4 Å². The molecule has 0 saturated heterocycles. The predicted octanol–water partition coefficient (Wildman–Crippen LogP) is 0.741. The lowest BCUT2D eigenvalue weighted by Gasteiger charge is -2.21. The van der Waals surface area contributed by atoms with Crippen molar-refractivity contribution in [3.8, 4) is 0 Å². The fraction of sp³-hybridized carbons (Fsp3) is 0.231. The Hall–Kier alpha value is -2.34. The van der Waals surface area contributed by atoms with Crippen molar-refractivity contribution in [3.05, 3.63) is 46.0 Å². The molecule has 98 valence electrons. The van der Waals surface area contributed by atoms with Crippen LogP contribution >= 0.6 is 0 Å². The second-order valence-electron chi connectivity index (χ2n) is 4.49. The molecule has 5 N–H and O–H groups in total. The van der Waals surface area contributed by atoms with Crippen LogP contribution < -0.4 is 21.9 Å². The fourth-order valence-corrected chi connectivity index (χ4v) is 2.29. The lowest BCUT2D eigenvalue weighted by molar-refractivity contribution is 0.645. The van der Waals surface area contributed by atoms with Crippen LogP contribution in [-0.4, -0.2) is 16.5 Å². The summed E-state index contributed by atoms with van der Waals surface area (Å²) in [5.74, 6) is 0.399. The molecule has 6 heteroatoms. The van der Waals surface area contributed by atoms with Crippen LogP contribution in [0.4, 0.5) is 17.2 Å². The molecule has 0 unspecified atom stereocenters. The van der Waals surface area contributed by atoms with Gasteiger partial charge in [0.2, 0.25) is 0 Å². The van der Waals surface area contributed by atoms with Gasteiger partial charge in [0.25, 0.3) is 5.56 Å². The summed E-state index contributed by atoms with van der Waals surface area (Å²) in [5, 5.41) is 6.49. The summed E-state index contributed by atoms with van der Waals surface area (Å²) < 4.78 is 0. The van der Waals surface area contributed by atoms with E-state index in [1.165, 1.54) is 17.5 Å². The predicted molar refractivity (Wildman–Crippen MR) is 74.4 cm³/mol. The number of nitrogens with one attached hydrogen (secondary N) is 3. The SMILES string of the molecule is Nc1c(Nc2cccc3c2CCNC3)nc[nH]c1=O. The van der Waals surface area contributed by atoms with E-state index in [0.717, 1.165) is 25.2 Å². The first-order valence-electron chi connectivity index (χ1n) is 6.17. The Balaban J connectivity index is 2.00. The van der Waals surface area contributed by atoms with Gasteiger partial charge in [0.15, 0.2) is 5.82 Å². The standard InChI is InChI=1S/C13H15N5O/c14-11-12(16-7-17-13(11)19)18-10-3-1-2-8-6-15-5-4-9(8)10/h1-3,7,15H,4-6,14H2,(H2,16,17,18,19). The third kappa shape index (κ3) is 2.17. The van der Waals surface area contributed by atoms with E-state index in [0.29, 0.717) is 5.82 Å². The van der Waals surface area contributed by atoms with E-state index in [-0.39, 0.29) is 11.2 Å². The van der Waals surface area contributed by atoms with Gasteiger partial charge >= 0.3 is 0 Å². The van der Waals surface area contributed by atoms with Crippen LogP contribution in [0.5, 0.6) is 0 Å². The zero-order valence-corrected chi connectivity index (χ0v) is 10.4. The minimum atomic E-state index is -0.330. The third-order valence-corrected chi connectivity index (χ3v) is 3.28. The number of nitrogens with zero attached hydrogens (tertiary/aromatic N) is 1. The highest BCUT2D eigenvalue weighted by Gasteiger charge is 2.14. The van der Waals surface area contributed by atoms with E-state index in [2.05, 4.69) is 26.7 Å². The van der Waals surface area contributed by atoms with Gasteiger partial charge in [0.1, 0.15) is 5.69 Å². The highest BCUT2D eigenvalue weighted by molar-refractivity contribution is 5.70. The zero-order chi connectivity index (χ0) is 13.2. The van der Waals surface area contributed by atoms with Gasteiger partial charge in [-0.3, -0.25) is 4.79 Å². The average Bonchev–Trinajstić information content (AvgIpc) is 2.44. The molecule has 2 heterocycles. The Bertz CT molecular complexity index is 664. The number of H-pyrrole nitrogens is 1. The van der Waals surface area contributed by atoms with E-state index in [4.69, 9.17) is 5.73 Å². The molecule has 2 aromatic rings. The van der Waals surface area contributed by atoms with E-state index < -0.39 is 0 Å². The van der Waals surface area contributed by atoms with E-state index in [1.54, 1.807) is 0 Å². The van der Waals surface area contributed by atoms with Gasteiger partial charge in [0, 0.05) is 12.2 Å². The molecule has 19 heavy (non-hydrogen) atoms. The number of benzene rings is 1. The largest absolute Gasteiger partial charge is 0.391 e. The number of hydrogen-bond acceptors (Lipinski definition) is 5. The molecule has 6 nitrogen and oxygen atoms in total. The van der Waals surface area contributed by atoms with Gasteiger partial charge in [0.05, 0.1) is 6.33 Å². The van der Waals surface area contributed by atoms with Crippen LogP contribution in [0, 0.1) is 0 Å². The quantitative estimate of drug-likeness (QED) is 0.636. The minimum Gasteiger partial charge on any atom is -0.391 e. The maximum atomic E-state index is 11.4. The molecule has 0 saturated carbocycles. The van der Waals surface area contributed by atoms with Crippen LogP contribution in [-0.2, 0) is 13.0 Å². The summed E-state index contributed by atoms with van der Waals surface area (Å²) in [6.45, 7) is 1.81. The molecule has 1 aromatic carbocycles. The molecule has 0 aliphatic carbocycles. The summed E-state index contributed by atoms with van der Waals surface area (Å²) in [6.07, 6.45) is 2.29. The summed E-state index contributed by atoms with van der Waals surface area (Å²) >= 11 is 0. The van der Waals surface area contributed by atoms with Gasteiger partial charge in [-0.25, -0.2) is 4.98 Å². The number of hydrogen-bond donors (Lipinski definition) is 4. The Kier molecular flexibility index (Phi) is 2.92. The molecule has 1 aliphatic heterocycles. The van der Waals surface area contributed by atoms with Crippen molar-refractivity contribution in [3.63, 3.8) is 0 Å². The van der Waals surface area contributed by atoms with Crippen LogP contribution in [0.1, 0.15) is 11.1 Å². The maximum Gasteiger partial charge on any atom is 0.276 e. The van der Waals surface area contributed by atoms with Crippen molar-refractivity contribution < 1.29 is 0 Å². The fourth-order valence-electron chi connectivity index (χ4n) is 2.29. The highest BCUT2D eigenvalue weighted by Crippen LogP contribution is 2.26. The molecule has 0 bridgehead atoms. The molecule has 3 rings (SSSR count). The Morgan fingerprint density at radius 2 is 2.26 bits per heavy atom. The summed E-state index contributed by atoms with van der Waals surface area (Å²) in [6, 6.07) is 6.06.